The lowest BCUT2D eigenvalue weighted by atomic mass is 9.93. The third-order valence-corrected chi connectivity index (χ3v) is 3.12. The van der Waals surface area contributed by atoms with Crippen molar-refractivity contribution in [3.63, 3.8) is 0 Å². The van der Waals surface area contributed by atoms with Crippen LogP contribution >= 0.6 is 0 Å². The van der Waals surface area contributed by atoms with E-state index in [1.807, 2.05) is 0 Å². The van der Waals surface area contributed by atoms with Crippen LogP contribution in [0.5, 0.6) is 0 Å². The highest BCUT2D eigenvalue weighted by Crippen LogP contribution is 2.32. The van der Waals surface area contributed by atoms with Crippen molar-refractivity contribution >= 4 is 23.9 Å². The molecule has 11 heteroatoms. The van der Waals surface area contributed by atoms with Crippen LogP contribution in [0.2, 0.25) is 0 Å². The number of carbonyl (C=O) groups is 4. The summed E-state index contributed by atoms with van der Waals surface area (Å²) >= 11 is 0. The molecule has 142 valence electrons. The summed E-state index contributed by atoms with van der Waals surface area (Å²) < 4.78 is 24.9. The summed E-state index contributed by atoms with van der Waals surface area (Å²) in [6.07, 6.45) is -6.04. The highest BCUT2D eigenvalue weighted by Gasteiger charge is 2.59. The van der Waals surface area contributed by atoms with Crippen LogP contribution in [0, 0.1) is 0 Å². The van der Waals surface area contributed by atoms with Gasteiger partial charge in [0.25, 0.3) is 0 Å². The van der Waals surface area contributed by atoms with Crippen molar-refractivity contribution < 1.29 is 48.0 Å². The smallest absolute Gasteiger partial charge is 0.305 e. The summed E-state index contributed by atoms with van der Waals surface area (Å²) in [6.45, 7) is 3.86. The second-order valence-corrected chi connectivity index (χ2v) is 5.41. The fourth-order valence-electron chi connectivity index (χ4n) is 2.21. The molecular weight excluding hydrogens is 342 g/mol. The van der Waals surface area contributed by atoms with E-state index in [1.165, 1.54) is 0 Å². The highest BCUT2D eigenvalue weighted by molar-refractivity contribution is 5.68. The third kappa shape index (κ3) is 5.66. The second-order valence-electron chi connectivity index (χ2n) is 5.41. The molecule has 0 unspecified atom stereocenters. The fraction of sp³-hybridized carbons (Fsp3) is 0.714. The van der Waals surface area contributed by atoms with Gasteiger partial charge in [-0.3, -0.25) is 24.9 Å². The van der Waals surface area contributed by atoms with E-state index < -0.39 is 60.8 Å². The van der Waals surface area contributed by atoms with Crippen LogP contribution in [-0.4, -0.2) is 65.9 Å². The SMILES string of the molecule is CC(=O)OC[C@H]1O[C@@H](OC(C)=O)[C@](N)(O)[C@@H](OC(C)=O)[C@@H]1OC(C)=O. The largest absolute Gasteiger partial charge is 0.463 e. The molecule has 0 saturated carbocycles. The van der Waals surface area contributed by atoms with Gasteiger partial charge in [-0.15, -0.1) is 0 Å². The monoisotopic (exact) mass is 363 g/mol. The van der Waals surface area contributed by atoms with E-state index in [0.29, 0.717) is 0 Å². The lowest BCUT2D eigenvalue weighted by Gasteiger charge is -2.47. The van der Waals surface area contributed by atoms with Gasteiger partial charge in [-0.25, -0.2) is 0 Å². The Bertz CT molecular complexity index is 546. The normalized spacial score (nSPS) is 31.6. The van der Waals surface area contributed by atoms with Gasteiger partial charge in [-0.1, -0.05) is 0 Å². The maximum absolute atomic E-state index is 11.4. The fourth-order valence-corrected chi connectivity index (χ4v) is 2.21. The molecule has 0 aliphatic carbocycles. The minimum atomic E-state index is -2.52. The van der Waals surface area contributed by atoms with Crippen molar-refractivity contribution in [1.82, 2.24) is 0 Å². The molecule has 1 saturated heterocycles. The predicted molar refractivity (Wildman–Crippen MR) is 77.3 cm³/mol. The van der Waals surface area contributed by atoms with Gasteiger partial charge in [0, 0.05) is 27.7 Å². The summed E-state index contributed by atoms with van der Waals surface area (Å²) in [5, 5.41) is 10.5. The van der Waals surface area contributed by atoms with Crippen LogP contribution < -0.4 is 5.73 Å². The van der Waals surface area contributed by atoms with Gasteiger partial charge in [0.1, 0.15) is 12.7 Å². The Morgan fingerprint density at radius 2 is 1.48 bits per heavy atom. The lowest BCUT2D eigenvalue weighted by molar-refractivity contribution is -0.333. The van der Waals surface area contributed by atoms with Gasteiger partial charge in [0.2, 0.25) is 12.0 Å². The van der Waals surface area contributed by atoms with Crippen molar-refractivity contribution in [1.29, 1.82) is 0 Å². The standard InChI is InChI=1S/C14H21NO10/c1-6(16)21-5-10-11(22-7(2)17)12(23-8(3)18)14(15,20)13(25-10)24-9(4)19/h10-13,20H,5,15H2,1-4H3/t10-,11-,12+,13-,14-/m1/s1. The summed E-state index contributed by atoms with van der Waals surface area (Å²) in [6, 6.07) is 0. The second kappa shape index (κ2) is 8.23. The zero-order valence-corrected chi connectivity index (χ0v) is 14.2. The maximum atomic E-state index is 11.4. The van der Waals surface area contributed by atoms with Crippen molar-refractivity contribution in [2.45, 2.75) is 58.0 Å². The Morgan fingerprint density at radius 3 is 1.92 bits per heavy atom. The zero-order valence-electron chi connectivity index (χ0n) is 14.2. The van der Waals surface area contributed by atoms with E-state index in [9.17, 15) is 24.3 Å². The topological polar surface area (TPSA) is 161 Å². The predicted octanol–water partition coefficient (Wildman–Crippen LogP) is -1.65. The van der Waals surface area contributed by atoms with Gasteiger partial charge < -0.3 is 28.8 Å². The molecule has 0 spiro atoms. The first kappa shape index (κ1) is 20.8. The summed E-state index contributed by atoms with van der Waals surface area (Å²) in [5.41, 5.74) is 3.20. The summed E-state index contributed by atoms with van der Waals surface area (Å²) in [4.78, 5) is 45.0. The first-order valence-corrected chi connectivity index (χ1v) is 7.26. The molecule has 0 aromatic rings. The maximum Gasteiger partial charge on any atom is 0.305 e. The molecule has 25 heavy (non-hydrogen) atoms. The van der Waals surface area contributed by atoms with E-state index >= 15 is 0 Å². The number of ether oxygens (including phenoxy) is 5. The average molecular weight is 363 g/mol. The Labute approximate surface area is 143 Å². The van der Waals surface area contributed by atoms with E-state index in [4.69, 9.17) is 29.4 Å². The number of hydrogen-bond donors (Lipinski definition) is 2. The molecule has 0 amide bonds. The Hall–Kier alpha value is -2.24. The molecule has 0 aromatic heterocycles. The van der Waals surface area contributed by atoms with E-state index in [0.717, 1.165) is 27.7 Å². The number of aliphatic hydroxyl groups is 1. The van der Waals surface area contributed by atoms with Crippen molar-refractivity contribution in [3.05, 3.63) is 0 Å². The molecule has 0 bridgehead atoms. The summed E-state index contributed by atoms with van der Waals surface area (Å²) in [7, 11) is 0. The average Bonchev–Trinajstić information content (AvgIpc) is 2.43. The molecule has 1 aliphatic heterocycles. The highest BCUT2D eigenvalue weighted by atomic mass is 16.7. The Balaban J connectivity index is 3.22. The van der Waals surface area contributed by atoms with Crippen molar-refractivity contribution in [3.8, 4) is 0 Å². The molecule has 1 aliphatic rings. The van der Waals surface area contributed by atoms with Gasteiger partial charge in [0.05, 0.1) is 0 Å². The molecule has 11 nitrogen and oxygen atoms in total. The number of rotatable bonds is 5. The van der Waals surface area contributed by atoms with Crippen LogP contribution in [0.4, 0.5) is 0 Å². The third-order valence-electron chi connectivity index (χ3n) is 3.12. The van der Waals surface area contributed by atoms with Crippen molar-refractivity contribution in [2.75, 3.05) is 6.61 Å². The lowest BCUT2D eigenvalue weighted by Crippen LogP contribution is -2.73. The van der Waals surface area contributed by atoms with Crippen LogP contribution in [-0.2, 0) is 42.9 Å². The Morgan fingerprint density at radius 1 is 0.960 bits per heavy atom. The molecule has 3 N–H and O–H groups in total. The first-order chi connectivity index (χ1) is 11.4. The molecule has 1 fully saturated rings. The molecule has 1 rings (SSSR count). The quantitative estimate of drug-likeness (QED) is 0.327. The number of carbonyl (C=O) groups excluding carboxylic acids is 4. The first-order valence-electron chi connectivity index (χ1n) is 7.26. The zero-order chi connectivity index (χ0) is 19.4. The van der Waals surface area contributed by atoms with Crippen LogP contribution in [0.1, 0.15) is 27.7 Å². The van der Waals surface area contributed by atoms with E-state index in [1.54, 1.807) is 0 Å². The molecular formula is C14H21NO10. The molecule has 1 heterocycles. The van der Waals surface area contributed by atoms with Gasteiger partial charge in [-0.05, 0) is 0 Å². The van der Waals surface area contributed by atoms with E-state index in [2.05, 4.69) is 0 Å². The van der Waals surface area contributed by atoms with Crippen molar-refractivity contribution in [2.24, 2.45) is 5.73 Å². The van der Waals surface area contributed by atoms with E-state index in [-0.39, 0.29) is 0 Å². The Kier molecular flexibility index (Phi) is 6.85. The molecule has 5 atom stereocenters. The number of nitrogens with two attached hydrogens (primary N) is 1. The molecule has 0 radical (unpaired) electrons. The minimum absolute atomic E-state index is 0.432. The van der Waals surface area contributed by atoms with Crippen LogP contribution in [0.15, 0.2) is 0 Å². The number of esters is 4. The van der Waals surface area contributed by atoms with Gasteiger partial charge >= 0.3 is 23.9 Å². The minimum Gasteiger partial charge on any atom is -0.463 e. The molecule has 0 aromatic carbocycles. The van der Waals surface area contributed by atoms with Gasteiger partial charge in [-0.2, -0.15) is 0 Å². The van der Waals surface area contributed by atoms with Crippen LogP contribution in [0.3, 0.4) is 0 Å². The summed E-state index contributed by atoms with van der Waals surface area (Å²) in [5.74, 6) is -3.14. The van der Waals surface area contributed by atoms with Crippen LogP contribution in [0.25, 0.3) is 0 Å². The number of hydrogen-bond acceptors (Lipinski definition) is 11. The van der Waals surface area contributed by atoms with Gasteiger partial charge in [0.15, 0.2) is 12.2 Å².